The molecule has 0 saturated heterocycles. The predicted octanol–water partition coefficient (Wildman–Crippen LogP) is 3.50. The molecule has 0 aliphatic carbocycles. The van der Waals surface area contributed by atoms with Crippen molar-refractivity contribution in [1.82, 2.24) is 9.97 Å². The Morgan fingerprint density at radius 3 is 2.88 bits per heavy atom. The number of thiophene rings is 1. The number of rotatable bonds is 3. The zero-order chi connectivity index (χ0) is 11.5. The van der Waals surface area contributed by atoms with Crippen LogP contribution in [0.5, 0.6) is 5.88 Å². The Kier molecular flexibility index (Phi) is 3.68. The Balaban J connectivity index is 2.07. The first-order chi connectivity index (χ1) is 7.65. The lowest BCUT2D eigenvalue weighted by molar-refractivity contribution is 0.444. The normalized spacial score (nSPS) is 10.6. The maximum Gasteiger partial charge on any atom is 0.215 e. The van der Waals surface area contributed by atoms with Crippen molar-refractivity contribution in [2.45, 2.75) is 17.8 Å². The fourth-order valence-electron chi connectivity index (χ4n) is 1.14. The van der Waals surface area contributed by atoms with Crippen LogP contribution in [0.2, 0.25) is 5.02 Å². The maximum absolute atomic E-state index is 9.32. The van der Waals surface area contributed by atoms with Crippen LogP contribution in [-0.4, -0.2) is 15.1 Å². The summed E-state index contributed by atoms with van der Waals surface area (Å²) in [5, 5.41) is 14.6. The van der Waals surface area contributed by atoms with Gasteiger partial charge in [0.1, 0.15) is 0 Å². The summed E-state index contributed by atoms with van der Waals surface area (Å²) in [7, 11) is 0. The summed E-state index contributed by atoms with van der Waals surface area (Å²) in [5.74, 6) is 0.719. The first-order valence-corrected chi connectivity index (χ1v) is 6.84. The second-order valence-corrected chi connectivity index (χ2v) is 5.28. The van der Waals surface area contributed by atoms with Crippen LogP contribution in [0.15, 0.2) is 22.0 Å². The van der Waals surface area contributed by atoms with Gasteiger partial charge in [-0.25, -0.2) is 4.98 Å². The summed E-state index contributed by atoms with van der Waals surface area (Å²) in [6, 6.07) is 1.53. The van der Waals surface area contributed by atoms with Crippen LogP contribution in [0.4, 0.5) is 0 Å². The number of hydrogen-bond acceptors (Lipinski definition) is 5. The van der Waals surface area contributed by atoms with E-state index in [0.29, 0.717) is 10.9 Å². The largest absolute Gasteiger partial charge is 0.493 e. The monoisotopic (exact) mass is 272 g/mol. The average molecular weight is 273 g/mol. The molecule has 0 radical (unpaired) electrons. The lowest BCUT2D eigenvalue weighted by atomic mass is 10.4. The molecule has 6 heteroatoms. The lowest BCUT2D eigenvalue weighted by Gasteiger charge is -2.01. The number of aryl methyl sites for hydroxylation is 1. The van der Waals surface area contributed by atoms with Crippen LogP contribution in [0.3, 0.4) is 0 Å². The van der Waals surface area contributed by atoms with E-state index in [-0.39, 0.29) is 5.88 Å². The second-order valence-electron chi connectivity index (χ2n) is 3.18. The fourth-order valence-corrected chi connectivity index (χ4v) is 3.27. The minimum atomic E-state index is 0.00594. The fraction of sp³-hybridized carbons (Fsp3) is 0.200. The average Bonchev–Trinajstić information content (AvgIpc) is 2.59. The molecule has 2 aromatic rings. The van der Waals surface area contributed by atoms with Gasteiger partial charge in [0, 0.05) is 22.9 Å². The molecule has 0 spiro atoms. The van der Waals surface area contributed by atoms with E-state index >= 15 is 0 Å². The number of nitrogens with zero attached hydrogens (tertiary/aromatic N) is 2. The van der Waals surface area contributed by atoms with Gasteiger partial charge < -0.3 is 5.11 Å². The van der Waals surface area contributed by atoms with E-state index in [1.807, 2.05) is 17.7 Å². The van der Waals surface area contributed by atoms with Crippen molar-refractivity contribution in [2.75, 3.05) is 0 Å². The van der Waals surface area contributed by atoms with Gasteiger partial charge in [-0.1, -0.05) is 23.4 Å². The Morgan fingerprint density at radius 2 is 2.25 bits per heavy atom. The van der Waals surface area contributed by atoms with Gasteiger partial charge in [-0.05, 0) is 17.9 Å². The van der Waals surface area contributed by atoms with Gasteiger partial charge in [-0.2, -0.15) is 16.3 Å². The molecule has 2 aromatic heterocycles. The van der Waals surface area contributed by atoms with Crippen molar-refractivity contribution in [3.8, 4) is 5.88 Å². The van der Waals surface area contributed by atoms with Crippen molar-refractivity contribution in [3.63, 3.8) is 0 Å². The number of hydrogen-bond donors (Lipinski definition) is 1. The van der Waals surface area contributed by atoms with E-state index in [2.05, 4.69) is 9.97 Å². The molecule has 0 aromatic carbocycles. The third kappa shape index (κ3) is 2.87. The number of aromatic hydroxyl groups is 1. The van der Waals surface area contributed by atoms with E-state index in [0.717, 1.165) is 16.3 Å². The van der Waals surface area contributed by atoms with Crippen molar-refractivity contribution in [1.29, 1.82) is 0 Å². The zero-order valence-electron chi connectivity index (χ0n) is 8.48. The molecule has 0 unspecified atom stereocenters. The minimum Gasteiger partial charge on any atom is -0.493 e. The van der Waals surface area contributed by atoms with Crippen molar-refractivity contribution in [3.05, 3.63) is 33.1 Å². The van der Waals surface area contributed by atoms with Crippen molar-refractivity contribution < 1.29 is 5.11 Å². The molecule has 2 rings (SSSR count). The third-order valence-corrected chi connectivity index (χ3v) is 4.04. The van der Waals surface area contributed by atoms with E-state index in [1.165, 1.54) is 17.8 Å². The highest BCUT2D eigenvalue weighted by Gasteiger charge is 2.05. The Labute approximate surface area is 107 Å². The molecule has 0 fully saturated rings. The summed E-state index contributed by atoms with van der Waals surface area (Å²) < 4.78 is 0. The predicted molar refractivity (Wildman–Crippen MR) is 67.3 cm³/mol. The van der Waals surface area contributed by atoms with E-state index in [4.69, 9.17) is 11.6 Å². The second kappa shape index (κ2) is 5.03. The highest BCUT2D eigenvalue weighted by Crippen LogP contribution is 2.28. The van der Waals surface area contributed by atoms with E-state index in [9.17, 15) is 5.11 Å². The summed E-state index contributed by atoms with van der Waals surface area (Å²) in [6.45, 7) is 1.82. The van der Waals surface area contributed by atoms with Gasteiger partial charge in [-0.15, -0.1) is 0 Å². The van der Waals surface area contributed by atoms with Crippen molar-refractivity contribution in [2.24, 2.45) is 0 Å². The Hall–Kier alpha value is -0.780. The number of thioether (sulfide) groups is 1. The van der Waals surface area contributed by atoms with Crippen LogP contribution < -0.4 is 0 Å². The van der Waals surface area contributed by atoms with Crippen LogP contribution in [0, 0.1) is 6.92 Å². The lowest BCUT2D eigenvalue weighted by Crippen LogP contribution is -1.90. The van der Waals surface area contributed by atoms with Gasteiger partial charge in [0.2, 0.25) is 5.88 Å². The first-order valence-electron chi connectivity index (χ1n) is 4.53. The molecular weight excluding hydrogens is 264 g/mol. The molecule has 0 aliphatic heterocycles. The van der Waals surface area contributed by atoms with E-state index in [1.54, 1.807) is 11.3 Å². The Morgan fingerprint density at radius 1 is 1.44 bits per heavy atom. The first kappa shape index (κ1) is 11.7. The summed E-state index contributed by atoms with van der Waals surface area (Å²) in [6.07, 6.45) is 0. The van der Waals surface area contributed by atoms with Crippen LogP contribution >= 0.6 is 34.7 Å². The number of halogens is 1. The molecule has 3 nitrogen and oxygen atoms in total. The molecular formula is C10H9ClN2OS2. The van der Waals surface area contributed by atoms with Gasteiger partial charge >= 0.3 is 0 Å². The van der Waals surface area contributed by atoms with Gasteiger partial charge in [-0.3, -0.25) is 0 Å². The maximum atomic E-state index is 9.32. The standard InChI is InChI=1S/C10H9ClN2OS2/c1-6-2-9(14)13-10(12-6)16-4-7-3-15-5-8(7)11/h2-3,5H,4H2,1H3,(H,12,13,14). The number of aromatic nitrogens is 2. The summed E-state index contributed by atoms with van der Waals surface area (Å²) in [4.78, 5) is 8.15. The molecule has 2 heterocycles. The SMILES string of the molecule is Cc1cc(O)nc(SCc2cscc2Cl)n1. The van der Waals surface area contributed by atoms with Crippen molar-refractivity contribution >= 4 is 34.7 Å². The highest BCUT2D eigenvalue weighted by molar-refractivity contribution is 7.98. The van der Waals surface area contributed by atoms with Crippen LogP contribution in [-0.2, 0) is 5.75 Å². The summed E-state index contributed by atoms with van der Waals surface area (Å²) >= 11 is 9.01. The van der Waals surface area contributed by atoms with Crippen LogP contribution in [0.1, 0.15) is 11.3 Å². The zero-order valence-corrected chi connectivity index (χ0v) is 10.9. The van der Waals surface area contributed by atoms with Gasteiger partial charge in [0.05, 0.1) is 5.02 Å². The Bertz CT molecular complexity index is 481. The summed E-state index contributed by atoms with van der Waals surface area (Å²) in [5.41, 5.74) is 1.83. The van der Waals surface area contributed by atoms with Gasteiger partial charge in [0.15, 0.2) is 5.16 Å². The molecule has 0 aliphatic rings. The molecule has 16 heavy (non-hydrogen) atoms. The molecule has 1 N–H and O–H groups in total. The minimum absolute atomic E-state index is 0.00594. The van der Waals surface area contributed by atoms with E-state index < -0.39 is 0 Å². The topological polar surface area (TPSA) is 46.0 Å². The quantitative estimate of drug-likeness (QED) is 0.686. The van der Waals surface area contributed by atoms with Gasteiger partial charge in [0.25, 0.3) is 0 Å². The molecule has 0 atom stereocenters. The third-order valence-electron chi connectivity index (χ3n) is 1.87. The molecule has 0 saturated carbocycles. The highest BCUT2D eigenvalue weighted by atomic mass is 35.5. The molecule has 0 amide bonds. The van der Waals surface area contributed by atoms with Crippen LogP contribution in [0.25, 0.3) is 0 Å². The molecule has 84 valence electrons. The molecule has 0 bridgehead atoms. The smallest absolute Gasteiger partial charge is 0.215 e.